The fourth-order valence-corrected chi connectivity index (χ4v) is 4.06. The quantitative estimate of drug-likeness (QED) is 0.320. The molecule has 2 aliphatic rings. The first-order chi connectivity index (χ1) is 16.4. The average Bonchev–Trinajstić information content (AvgIpc) is 2.78. The number of nitrogens with zero attached hydrogens (tertiary/aromatic N) is 1. The number of hydrogen-bond acceptors (Lipinski definition) is 6. The van der Waals surface area contributed by atoms with Crippen LogP contribution in [0.3, 0.4) is 0 Å². The Kier molecular flexibility index (Phi) is 10.9. The van der Waals surface area contributed by atoms with Crippen molar-refractivity contribution in [1.82, 2.24) is 4.90 Å². The third-order valence-electron chi connectivity index (χ3n) is 6.37. The predicted octanol–water partition coefficient (Wildman–Crippen LogP) is 4.71. The van der Waals surface area contributed by atoms with Crippen molar-refractivity contribution in [3.63, 3.8) is 0 Å². The monoisotopic (exact) mass is 485 g/mol. The number of esters is 1. The molecule has 1 heterocycles. The number of ether oxygens (including phenoxy) is 2. The van der Waals surface area contributed by atoms with Crippen LogP contribution in [0.25, 0.3) is 0 Å². The third-order valence-corrected chi connectivity index (χ3v) is 6.37. The van der Waals surface area contributed by atoms with Gasteiger partial charge in [0.2, 0.25) is 0 Å². The highest BCUT2D eigenvalue weighted by Gasteiger charge is 2.33. The zero-order chi connectivity index (χ0) is 26.1. The Morgan fingerprint density at radius 3 is 2.49 bits per heavy atom. The zero-order valence-electron chi connectivity index (χ0n) is 22.3. The summed E-state index contributed by atoms with van der Waals surface area (Å²) in [6.07, 6.45) is 13.8. The SMILES string of the molecule is CC(C)=CCC[C@]1(C)C=C[C@@H](OC(=O)C=C(C)C)[C@](C)(O)/C=C/C(=O)/C(CN2CCOCC2)=C\C1. The van der Waals surface area contributed by atoms with E-state index in [1.54, 1.807) is 13.0 Å². The molecule has 6 nitrogen and oxygen atoms in total. The molecule has 6 heteroatoms. The molecule has 0 aromatic heterocycles. The van der Waals surface area contributed by atoms with Crippen LogP contribution < -0.4 is 0 Å². The van der Waals surface area contributed by atoms with E-state index in [0.29, 0.717) is 31.8 Å². The van der Waals surface area contributed by atoms with E-state index in [-0.39, 0.29) is 11.2 Å². The third kappa shape index (κ3) is 10.1. The van der Waals surface area contributed by atoms with Crippen molar-refractivity contribution in [1.29, 1.82) is 0 Å². The second-order valence-electron chi connectivity index (χ2n) is 10.7. The second kappa shape index (κ2) is 13.1. The molecule has 0 saturated carbocycles. The van der Waals surface area contributed by atoms with Gasteiger partial charge in [-0.2, -0.15) is 0 Å². The smallest absolute Gasteiger partial charge is 0.331 e. The number of ketones is 1. The van der Waals surface area contributed by atoms with Crippen LogP contribution in [0.15, 0.2) is 59.3 Å². The standard InChI is InChI=1S/C29H43NO5/c1-22(2)8-7-12-28(5)13-9-24(21-30-16-18-34-19-17-30)25(31)10-15-29(6,33)26(11-14-28)35-27(32)20-23(3)4/h8-11,14-15,20,26,33H,7,12-13,16-19,21H2,1-6H3/b14-11?,15-10+,24-9-/t26-,28+,29-/m1/s1. The van der Waals surface area contributed by atoms with Gasteiger partial charge in [-0.1, -0.05) is 36.3 Å². The van der Waals surface area contributed by atoms with E-state index in [0.717, 1.165) is 31.5 Å². The summed E-state index contributed by atoms with van der Waals surface area (Å²) in [6.45, 7) is 14.9. The van der Waals surface area contributed by atoms with Gasteiger partial charge in [0, 0.05) is 31.3 Å². The van der Waals surface area contributed by atoms with Crippen LogP contribution in [0.2, 0.25) is 0 Å². The van der Waals surface area contributed by atoms with Crippen LogP contribution in [-0.4, -0.2) is 66.3 Å². The van der Waals surface area contributed by atoms with Crippen molar-refractivity contribution >= 4 is 11.8 Å². The molecular formula is C29H43NO5. The fourth-order valence-electron chi connectivity index (χ4n) is 4.06. The molecule has 1 N–H and O–H groups in total. The minimum atomic E-state index is -1.55. The molecule has 2 rings (SSSR count). The molecule has 0 amide bonds. The number of aliphatic hydroxyl groups is 1. The summed E-state index contributed by atoms with van der Waals surface area (Å²) in [6, 6.07) is 0. The van der Waals surface area contributed by atoms with E-state index in [9.17, 15) is 14.7 Å². The normalized spacial score (nSPS) is 30.4. The van der Waals surface area contributed by atoms with Gasteiger partial charge in [0.15, 0.2) is 11.9 Å². The van der Waals surface area contributed by atoms with Crippen molar-refractivity contribution in [3.05, 3.63) is 59.3 Å². The van der Waals surface area contributed by atoms with Gasteiger partial charge in [-0.15, -0.1) is 0 Å². The first kappa shape index (κ1) is 29.0. The highest BCUT2D eigenvalue weighted by molar-refractivity contribution is 6.04. The van der Waals surface area contributed by atoms with Gasteiger partial charge in [-0.3, -0.25) is 9.69 Å². The van der Waals surface area contributed by atoms with Crippen LogP contribution in [0.4, 0.5) is 0 Å². The summed E-state index contributed by atoms with van der Waals surface area (Å²) >= 11 is 0. The number of morpholine rings is 1. The summed E-state index contributed by atoms with van der Waals surface area (Å²) < 4.78 is 11.1. The number of hydrogen-bond donors (Lipinski definition) is 1. The molecule has 0 bridgehead atoms. The Hall–Kier alpha value is -2.28. The summed E-state index contributed by atoms with van der Waals surface area (Å²) in [5.41, 5.74) is 0.940. The van der Waals surface area contributed by atoms with Crippen LogP contribution in [0.1, 0.15) is 60.8 Å². The maximum Gasteiger partial charge on any atom is 0.331 e. The van der Waals surface area contributed by atoms with Gasteiger partial charge in [0.1, 0.15) is 5.60 Å². The maximum absolute atomic E-state index is 13.2. The van der Waals surface area contributed by atoms with Crippen LogP contribution in [-0.2, 0) is 19.1 Å². The minimum Gasteiger partial charge on any atom is -0.452 e. The van der Waals surface area contributed by atoms with E-state index in [2.05, 4.69) is 31.7 Å². The molecule has 0 aromatic rings. The fraction of sp³-hybridized carbons (Fsp3) is 0.586. The molecule has 1 fully saturated rings. The van der Waals surface area contributed by atoms with E-state index < -0.39 is 17.7 Å². The molecule has 194 valence electrons. The average molecular weight is 486 g/mol. The summed E-state index contributed by atoms with van der Waals surface area (Å²) in [4.78, 5) is 27.9. The van der Waals surface area contributed by atoms with Crippen LogP contribution >= 0.6 is 0 Å². The number of carbonyl (C=O) groups excluding carboxylic acids is 2. The van der Waals surface area contributed by atoms with E-state index in [4.69, 9.17) is 9.47 Å². The van der Waals surface area contributed by atoms with Crippen molar-refractivity contribution < 1.29 is 24.2 Å². The summed E-state index contributed by atoms with van der Waals surface area (Å²) in [5.74, 6) is -0.661. The molecular weight excluding hydrogens is 442 g/mol. The van der Waals surface area contributed by atoms with Crippen molar-refractivity contribution in [3.8, 4) is 0 Å². The van der Waals surface area contributed by atoms with Crippen molar-refractivity contribution in [2.24, 2.45) is 5.41 Å². The Morgan fingerprint density at radius 2 is 1.86 bits per heavy atom. The molecule has 3 atom stereocenters. The van der Waals surface area contributed by atoms with Gasteiger partial charge in [0.25, 0.3) is 0 Å². The molecule has 0 spiro atoms. The maximum atomic E-state index is 13.2. The molecule has 1 aliphatic carbocycles. The first-order valence-corrected chi connectivity index (χ1v) is 12.5. The highest BCUT2D eigenvalue weighted by atomic mass is 16.6. The Labute approximate surface area is 211 Å². The zero-order valence-corrected chi connectivity index (χ0v) is 22.3. The summed E-state index contributed by atoms with van der Waals surface area (Å²) in [7, 11) is 0. The van der Waals surface area contributed by atoms with E-state index >= 15 is 0 Å². The largest absolute Gasteiger partial charge is 0.452 e. The van der Waals surface area contributed by atoms with Gasteiger partial charge in [-0.05, 0) is 77.5 Å². The van der Waals surface area contributed by atoms with Crippen molar-refractivity contribution in [2.45, 2.75) is 72.5 Å². The Morgan fingerprint density at radius 1 is 1.17 bits per heavy atom. The number of carbonyl (C=O) groups is 2. The highest BCUT2D eigenvalue weighted by Crippen LogP contribution is 2.33. The Balaban J connectivity index is 2.42. The van der Waals surface area contributed by atoms with Gasteiger partial charge in [-0.25, -0.2) is 4.79 Å². The lowest BCUT2D eigenvalue weighted by atomic mass is 9.80. The lowest BCUT2D eigenvalue weighted by Gasteiger charge is -2.30. The van der Waals surface area contributed by atoms with Gasteiger partial charge in [0.05, 0.1) is 13.2 Å². The predicted molar refractivity (Wildman–Crippen MR) is 140 cm³/mol. The van der Waals surface area contributed by atoms with Crippen LogP contribution in [0.5, 0.6) is 0 Å². The first-order valence-electron chi connectivity index (χ1n) is 12.5. The lowest BCUT2D eigenvalue weighted by Crippen LogP contribution is -2.40. The topological polar surface area (TPSA) is 76.1 Å². The molecule has 0 aromatic carbocycles. The number of rotatable bonds is 7. The molecule has 1 saturated heterocycles. The molecule has 35 heavy (non-hydrogen) atoms. The lowest BCUT2D eigenvalue weighted by molar-refractivity contribution is -0.148. The molecule has 0 unspecified atom stereocenters. The summed E-state index contributed by atoms with van der Waals surface area (Å²) in [5, 5.41) is 11.2. The van der Waals surface area contributed by atoms with Crippen molar-refractivity contribution in [2.75, 3.05) is 32.8 Å². The number of allylic oxidation sites excluding steroid dienone is 6. The van der Waals surface area contributed by atoms with E-state index in [1.165, 1.54) is 23.8 Å². The molecule has 1 aliphatic heterocycles. The molecule has 0 radical (unpaired) electrons. The van der Waals surface area contributed by atoms with E-state index in [1.807, 2.05) is 26.0 Å². The Bertz CT molecular complexity index is 894. The second-order valence-corrected chi connectivity index (χ2v) is 10.7. The van der Waals surface area contributed by atoms with Crippen LogP contribution in [0, 0.1) is 5.41 Å². The minimum absolute atomic E-state index is 0.139. The van der Waals surface area contributed by atoms with Gasteiger partial charge < -0.3 is 14.6 Å². The van der Waals surface area contributed by atoms with Gasteiger partial charge >= 0.3 is 5.97 Å².